The Morgan fingerprint density at radius 2 is 1.91 bits per heavy atom. The molecule has 0 saturated carbocycles. The topological polar surface area (TPSA) is 51.2 Å². The summed E-state index contributed by atoms with van der Waals surface area (Å²) in [7, 11) is 0. The third-order valence-electron chi connectivity index (χ3n) is 2.98. The largest absolute Gasteiger partial charge is 0.484 e. The Labute approximate surface area is 147 Å². The molecule has 118 valence electrons. The van der Waals surface area contributed by atoms with Crippen LogP contribution in [-0.2, 0) is 11.3 Å². The number of rotatable bonds is 5. The van der Waals surface area contributed by atoms with Crippen molar-refractivity contribution in [2.24, 2.45) is 0 Å². The standard InChI is InChI=1S/C16H12Cl2N2O2S/c17-10-5-11(18)7-12(6-10)22-9-15(21)19-8-16-20-13-3-1-2-4-14(13)23-16/h1-7H,8-9H2,(H,19,21). The number of para-hydroxylation sites is 1. The number of carbonyl (C=O) groups excluding carboxylic acids is 1. The van der Waals surface area contributed by atoms with E-state index in [1.165, 1.54) is 0 Å². The van der Waals surface area contributed by atoms with Crippen LogP contribution in [0.15, 0.2) is 42.5 Å². The summed E-state index contributed by atoms with van der Waals surface area (Å²) >= 11 is 13.3. The summed E-state index contributed by atoms with van der Waals surface area (Å²) in [6.45, 7) is 0.263. The summed E-state index contributed by atoms with van der Waals surface area (Å²) in [5.74, 6) is 0.220. The number of benzene rings is 2. The Morgan fingerprint density at radius 3 is 2.65 bits per heavy atom. The molecule has 3 aromatic rings. The smallest absolute Gasteiger partial charge is 0.258 e. The first kappa shape index (κ1) is 16.1. The first-order chi connectivity index (χ1) is 11.1. The number of thiazole rings is 1. The molecule has 2 aromatic carbocycles. The molecule has 0 atom stereocenters. The van der Waals surface area contributed by atoms with Crippen LogP contribution in [0.1, 0.15) is 5.01 Å². The van der Waals surface area contributed by atoms with Crippen molar-refractivity contribution in [3.8, 4) is 5.75 Å². The molecule has 0 fully saturated rings. The Balaban J connectivity index is 1.53. The molecule has 0 saturated heterocycles. The SMILES string of the molecule is O=C(COc1cc(Cl)cc(Cl)c1)NCc1nc2ccccc2s1. The molecule has 0 aliphatic carbocycles. The molecule has 1 aromatic heterocycles. The van der Waals surface area contributed by atoms with Crippen LogP contribution in [0.2, 0.25) is 10.0 Å². The molecule has 0 bridgehead atoms. The zero-order valence-electron chi connectivity index (χ0n) is 11.9. The summed E-state index contributed by atoms with van der Waals surface area (Å²) in [5.41, 5.74) is 0.937. The lowest BCUT2D eigenvalue weighted by Gasteiger charge is -2.07. The molecule has 0 aliphatic heterocycles. The number of carbonyl (C=O) groups is 1. The van der Waals surface area contributed by atoms with Crippen molar-refractivity contribution < 1.29 is 9.53 Å². The van der Waals surface area contributed by atoms with Gasteiger partial charge in [-0.1, -0.05) is 35.3 Å². The van der Waals surface area contributed by atoms with Crippen LogP contribution in [0.5, 0.6) is 5.75 Å². The monoisotopic (exact) mass is 366 g/mol. The summed E-state index contributed by atoms with van der Waals surface area (Å²) in [5, 5.41) is 4.55. The maximum Gasteiger partial charge on any atom is 0.258 e. The van der Waals surface area contributed by atoms with E-state index in [2.05, 4.69) is 10.3 Å². The molecule has 0 spiro atoms. The van der Waals surface area contributed by atoms with Gasteiger partial charge in [-0.05, 0) is 30.3 Å². The van der Waals surface area contributed by atoms with Gasteiger partial charge in [-0.3, -0.25) is 4.79 Å². The van der Waals surface area contributed by atoms with Crippen molar-refractivity contribution in [2.45, 2.75) is 6.54 Å². The number of ether oxygens (including phenoxy) is 1. The molecule has 1 N–H and O–H groups in total. The normalized spacial score (nSPS) is 10.7. The van der Waals surface area contributed by atoms with Crippen LogP contribution in [0.3, 0.4) is 0 Å². The molecule has 7 heteroatoms. The molecule has 23 heavy (non-hydrogen) atoms. The number of amides is 1. The van der Waals surface area contributed by atoms with Crippen molar-refractivity contribution in [1.29, 1.82) is 0 Å². The molecule has 0 radical (unpaired) electrons. The fraction of sp³-hybridized carbons (Fsp3) is 0.125. The predicted octanol–water partition coefficient (Wildman–Crippen LogP) is 4.30. The lowest BCUT2D eigenvalue weighted by Crippen LogP contribution is -2.28. The van der Waals surface area contributed by atoms with Crippen molar-refractivity contribution in [3.63, 3.8) is 0 Å². The van der Waals surface area contributed by atoms with Gasteiger partial charge in [-0.15, -0.1) is 11.3 Å². The highest BCUT2D eigenvalue weighted by Crippen LogP contribution is 2.24. The van der Waals surface area contributed by atoms with Crippen molar-refractivity contribution >= 4 is 50.7 Å². The lowest BCUT2D eigenvalue weighted by atomic mass is 10.3. The predicted molar refractivity (Wildman–Crippen MR) is 93.4 cm³/mol. The first-order valence-electron chi connectivity index (χ1n) is 6.80. The van der Waals surface area contributed by atoms with Crippen molar-refractivity contribution in [3.05, 3.63) is 57.5 Å². The molecule has 1 amide bonds. The summed E-state index contributed by atoms with van der Waals surface area (Å²) in [6.07, 6.45) is 0. The van der Waals surface area contributed by atoms with Crippen molar-refractivity contribution in [2.75, 3.05) is 6.61 Å². The number of halogens is 2. The minimum absolute atomic E-state index is 0.110. The molecular formula is C16H12Cl2N2O2S. The van der Waals surface area contributed by atoms with Gasteiger partial charge in [0, 0.05) is 10.0 Å². The molecule has 0 aliphatic rings. The van der Waals surface area contributed by atoms with Crippen LogP contribution < -0.4 is 10.1 Å². The van der Waals surface area contributed by atoms with Gasteiger partial charge in [0.2, 0.25) is 0 Å². The van der Waals surface area contributed by atoms with Gasteiger partial charge >= 0.3 is 0 Å². The van der Waals surface area contributed by atoms with Gasteiger partial charge < -0.3 is 10.1 Å². The minimum Gasteiger partial charge on any atom is -0.484 e. The maximum atomic E-state index is 11.8. The first-order valence-corrected chi connectivity index (χ1v) is 8.37. The van der Waals surface area contributed by atoms with Gasteiger partial charge in [-0.25, -0.2) is 4.98 Å². The van der Waals surface area contributed by atoms with Gasteiger partial charge in [0.1, 0.15) is 10.8 Å². The average molecular weight is 367 g/mol. The second kappa shape index (κ2) is 7.17. The minimum atomic E-state index is -0.236. The van der Waals surface area contributed by atoms with Gasteiger partial charge in [0.25, 0.3) is 5.91 Å². The second-order valence-electron chi connectivity index (χ2n) is 4.75. The van der Waals surface area contributed by atoms with Crippen LogP contribution >= 0.6 is 34.5 Å². The number of hydrogen-bond acceptors (Lipinski definition) is 4. The van der Waals surface area contributed by atoms with E-state index in [1.54, 1.807) is 29.5 Å². The quantitative estimate of drug-likeness (QED) is 0.732. The Kier molecular flexibility index (Phi) is 5.00. The highest BCUT2D eigenvalue weighted by Gasteiger charge is 2.07. The summed E-state index contributed by atoms with van der Waals surface area (Å²) in [6, 6.07) is 12.7. The Morgan fingerprint density at radius 1 is 1.17 bits per heavy atom. The van der Waals surface area contributed by atoms with Gasteiger partial charge in [0.15, 0.2) is 6.61 Å². The van der Waals surface area contributed by atoms with E-state index < -0.39 is 0 Å². The third kappa shape index (κ3) is 4.34. The van der Waals surface area contributed by atoms with E-state index >= 15 is 0 Å². The molecule has 1 heterocycles. The molecule has 0 unspecified atom stereocenters. The van der Waals surface area contributed by atoms with Crippen molar-refractivity contribution in [1.82, 2.24) is 10.3 Å². The van der Waals surface area contributed by atoms with E-state index in [1.807, 2.05) is 24.3 Å². The number of fused-ring (bicyclic) bond motifs is 1. The fourth-order valence-corrected chi connectivity index (χ4v) is 3.39. The maximum absolute atomic E-state index is 11.8. The Bertz CT molecular complexity index is 798. The van der Waals surface area contributed by atoms with Crippen LogP contribution in [-0.4, -0.2) is 17.5 Å². The van der Waals surface area contributed by atoms with Crippen LogP contribution in [0.4, 0.5) is 0 Å². The van der Waals surface area contributed by atoms with Crippen LogP contribution in [0, 0.1) is 0 Å². The zero-order chi connectivity index (χ0) is 16.2. The van der Waals surface area contributed by atoms with E-state index in [-0.39, 0.29) is 12.5 Å². The number of nitrogens with zero attached hydrogens (tertiary/aromatic N) is 1. The lowest BCUT2D eigenvalue weighted by molar-refractivity contribution is -0.123. The third-order valence-corrected chi connectivity index (χ3v) is 4.45. The summed E-state index contributed by atoms with van der Waals surface area (Å²) in [4.78, 5) is 16.3. The van der Waals surface area contributed by atoms with Gasteiger partial charge in [0.05, 0.1) is 16.8 Å². The number of hydrogen-bond donors (Lipinski definition) is 1. The van der Waals surface area contributed by atoms with Crippen LogP contribution in [0.25, 0.3) is 10.2 Å². The zero-order valence-corrected chi connectivity index (χ0v) is 14.2. The highest BCUT2D eigenvalue weighted by molar-refractivity contribution is 7.18. The van der Waals surface area contributed by atoms with E-state index in [0.717, 1.165) is 15.2 Å². The molecule has 3 rings (SSSR count). The number of nitrogens with one attached hydrogen (secondary N) is 1. The molecular weight excluding hydrogens is 355 g/mol. The summed E-state index contributed by atoms with van der Waals surface area (Å²) < 4.78 is 6.48. The Hall–Kier alpha value is -1.82. The van der Waals surface area contributed by atoms with E-state index in [9.17, 15) is 4.79 Å². The van der Waals surface area contributed by atoms with E-state index in [0.29, 0.717) is 22.3 Å². The molecule has 4 nitrogen and oxygen atoms in total. The van der Waals surface area contributed by atoms with E-state index in [4.69, 9.17) is 27.9 Å². The average Bonchev–Trinajstić information content (AvgIpc) is 2.93. The number of aromatic nitrogens is 1. The second-order valence-corrected chi connectivity index (χ2v) is 6.73. The fourth-order valence-electron chi connectivity index (χ4n) is 1.98. The van der Waals surface area contributed by atoms with Gasteiger partial charge in [-0.2, -0.15) is 0 Å². The highest BCUT2D eigenvalue weighted by atomic mass is 35.5.